The van der Waals surface area contributed by atoms with Gasteiger partial charge in [-0.3, -0.25) is 9.69 Å². The second-order valence-electron chi connectivity index (χ2n) is 7.32. The van der Waals surface area contributed by atoms with Crippen molar-refractivity contribution in [2.75, 3.05) is 38.9 Å². The van der Waals surface area contributed by atoms with Crippen molar-refractivity contribution in [2.45, 2.75) is 6.42 Å². The number of halogens is 2. The minimum Gasteiger partial charge on any atom is -0.454 e. The standard InChI is InChI=1S/C22H21F2N3O3S/c1-26(2)8-3-9-27(22-25-21-16(24)11-15(23)12-19(21)31-22)20(28)7-5-14-4-6-17-18(10-14)30-13-29-17/h4-7,10-12H,3,8-9,13H2,1-2H3/b7-5+. The molecule has 0 unspecified atom stereocenters. The van der Waals surface area contributed by atoms with E-state index in [-0.39, 0.29) is 18.2 Å². The molecule has 1 amide bonds. The number of benzene rings is 2. The zero-order valence-corrected chi connectivity index (χ0v) is 17.9. The van der Waals surface area contributed by atoms with Crippen molar-refractivity contribution in [1.29, 1.82) is 0 Å². The summed E-state index contributed by atoms with van der Waals surface area (Å²) in [5.74, 6) is -0.419. The van der Waals surface area contributed by atoms with Crippen LogP contribution in [0.15, 0.2) is 36.4 Å². The Kier molecular flexibility index (Phi) is 6.15. The molecule has 0 spiro atoms. The molecule has 6 nitrogen and oxygen atoms in total. The highest BCUT2D eigenvalue weighted by Gasteiger charge is 2.20. The molecule has 0 radical (unpaired) electrons. The summed E-state index contributed by atoms with van der Waals surface area (Å²) in [6.45, 7) is 1.34. The van der Waals surface area contributed by atoms with Crippen LogP contribution in [0.4, 0.5) is 13.9 Å². The predicted octanol–water partition coefficient (Wildman–Crippen LogP) is 4.30. The van der Waals surface area contributed by atoms with E-state index in [1.165, 1.54) is 17.0 Å². The number of aromatic nitrogens is 1. The number of hydrogen-bond donors (Lipinski definition) is 0. The Labute approximate surface area is 182 Å². The molecule has 31 heavy (non-hydrogen) atoms. The molecular formula is C22H21F2N3O3S. The highest BCUT2D eigenvalue weighted by atomic mass is 32.1. The number of carbonyl (C=O) groups excluding carboxylic acids is 1. The van der Waals surface area contributed by atoms with Crippen LogP contribution >= 0.6 is 11.3 Å². The zero-order chi connectivity index (χ0) is 22.0. The molecule has 0 N–H and O–H groups in total. The Morgan fingerprint density at radius 3 is 2.77 bits per heavy atom. The van der Waals surface area contributed by atoms with E-state index < -0.39 is 11.6 Å². The van der Waals surface area contributed by atoms with Gasteiger partial charge in [0.15, 0.2) is 22.4 Å². The first-order valence-electron chi connectivity index (χ1n) is 9.70. The first kappa shape index (κ1) is 21.2. The lowest BCUT2D eigenvalue weighted by molar-refractivity contribution is -0.114. The smallest absolute Gasteiger partial charge is 0.252 e. The molecule has 0 aliphatic carbocycles. The zero-order valence-electron chi connectivity index (χ0n) is 17.1. The lowest BCUT2D eigenvalue weighted by Crippen LogP contribution is -2.32. The minimum absolute atomic E-state index is 0.0616. The van der Waals surface area contributed by atoms with Crippen molar-refractivity contribution in [2.24, 2.45) is 0 Å². The third kappa shape index (κ3) is 4.83. The van der Waals surface area contributed by atoms with Gasteiger partial charge in [0.2, 0.25) is 6.79 Å². The van der Waals surface area contributed by atoms with E-state index in [1.54, 1.807) is 18.2 Å². The monoisotopic (exact) mass is 445 g/mol. The SMILES string of the molecule is CN(C)CCCN(C(=O)/C=C/c1ccc2c(c1)OCO2)c1nc2c(F)cc(F)cc2s1. The number of ether oxygens (including phenoxy) is 2. The number of nitrogens with zero attached hydrogens (tertiary/aromatic N) is 3. The van der Waals surface area contributed by atoms with Gasteiger partial charge in [-0.25, -0.2) is 13.8 Å². The molecule has 162 valence electrons. The lowest BCUT2D eigenvalue weighted by atomic mass is 10.2. The number of thiazole rings is 1. The maximum atomic E-state index is 14.1. The topological polar surface area (TPSA) is 54.9 Å². The fourth-order valence-electron chi connectivity index (χ4n) is 3.18. The van der Waals surface area contributed by atoms with E-state index in [1.807, 2.05) is 25.1 Å². The summed E-state index contributed by atoms with van der Waals surface area (Å²) in [5, 5.41) is 0.332. The van der Waals surface area contributed by atoms with Crippen LogP contribution in [-0.2, 0) is 4.79 Å². The van der Waals surface area contributed by atoms with Gasteiger partial charge in [0.1, 0.15) is 11.3 Å². The molecule has 1 aromatic heterocycles. The first-order valence-corrected chi connectivity index (χ1v) is 10.5. The van der Waals surface area contributed by atoms with Gasteiger partial charge in [0.25, 0.3) is 5.91 Å². The van der Waals surface area contributed by atoms with Gasteiger partial charge in [-0.05, 0) is 56.9 Å². The molecule has 2 aromatic carbocycles. The Balaban J connectivity index is 1.59. The van der Waals surface area contributed by atoms with Crippen molar-refractivity contribution in [3.8, 4) is 11.5 Å². The molecule has 1 aliphatic rings. The van der Waals surface area contributed by atoms with Crippen LogP contribution in [0.3, 0.4) is 0 Å². The van der Waals surface area contributed by atoms with Gasteiger partial charge >= 0.3 is 0 Å². The fourth-order valence-corrected chi connectivity index (χ4v) is 4.22. The van der Waals surface area contributed by atoms with Crippen LogP contribution in [0.2, 0.25) is 0 Å². The molecule has 0 saturated heterocycles. The van der Waals surface area contributed by atoms with Gasteiger partial charge < -0.3 is 14.4 Å². The van der Waals surface area contributed by atoms with E-state index in [0.29, 0.717) is 34.3 Å². The quantitative estimate of drug-likeness (QED) is 0.508. The number of fused-ring (bicyclic) bond motifs is 2. The number of rotatable bonds is 7. The Morgan fingerprint density at radius 2 is 1.97 bits per heavy atom. The summed E-state index contributed by atoms with van der Waals surface area (Å²) in [6.07, 6.45) is 3.82. The van der Waals surface area contributed by atoms with Crippen molar-refractivity contribution >= 4 is 38.7 Å². The molecule has 0 saturated carbocycles. The number of anilines is 1. The number of hydrogen-bond acceptors (Lipinski definition) is 6. The minimum atomic E-state index is -0.742. The Hall–Kier alpha value is -3.04. The second-order valence-corrected chi connectivity index (χ2v) is 8.33. The van der Waals surface area contributed by atoms with Crippen LogP contribution < -0.4 is 14.4 Å². The van der Waals surface area contributed by atoms with Gasteiger partial charge in [-0.1, -0.05) is 17.4 Å². The van der Waals surface area contributed by atoms with Crippen LogP contribution in [0.25, 0.3) is 16.3 Å². The van der Waals surface area contributed by atoms with Crippen LogP contribution in [-0.4, -0.2) is 49.8 Å². The van der Waals surface area contributed by atoms with Crippen LogP contribution in [0.1, 0.15) is 12.0 Å². The van der Waals surface area contributed by atoms with Crippen molar-refractivity contribution < 1.29 is 23.0 Å². The van der Waals surface area contributed by atoms with E-state index >= 15 is 0 Å². The average molecular weight is 445 g/mol. The van der Waals surface area contributed by atoms with E-state index in [0.717, 1.165) is 29.5 Å². The first-order chi connectivity index (χ1) is 14.9. The summed E-state index contributed by atoms with van der Waals surface area (Å²) in [6, 6.07) is 7.42. The normalized spacial score (nSPS) is 12.9. The molecule has 3 aromatic rings. The van der Waals surface area contributed by atoms with Gasteiger partial charge in [0.05, 0.1) is 4.70 Å². The molecular weight excluding hydrogens is 424 g/mol. The molecule has 0 atom stereocenters. The molecule has 0 fully saturated rings. The van der Waals surface area contributed by atoms with E-state index in [9.17, 15) is 13.6 Å². The van der Waals surface area contributed by atoms with Crippen LogP contribution in [0, 0.1) is 11.6 Å². The number of carbonyl (C=O) groups is 1. The second kappa shape index (κ2) is 8.99. The Bertz CT molecular complexity index is 1150. The summed E-state index contributed by atoms with van der Waals surface area (Å²) < 4.78 is 38.7. The van der Waals surface area contributed by atoms with Gasteiger partial charge in [-0.2, -0.15) is 0 Å². The van der Waals surface area contributed by atoms with Crippen LogP contribution in [0.5, 0.6) is 11.5 Å². The lowest BCUT2D eigenvalue weighted by Gasteiger charge is -2.19. The molecule has 0 bridgehead atoms. The maximum Gasteiger partial charge on any atom is 0.252 e. The van der Waals surface area contributed by atoms with Gasteiger partial charge in [-0.15, -0.1) is 0 Å². The fraction of sp³-hybridized carbons (Fsp3) is 0.273. The molecule has 1 aliphatic heterocycles. The summed E-state index contributed by atoms with van der Waals surface area (Å²) in [4.78, 5) is 20.8. The predicted molar refractivity (Wildman–Crippen MR) is 117 cm³/mol. The largest absolute Gasteiger partial charge is 0.454 e. The van der Waals surface area contributed by atoms with Crippen molar-refractivity contribution in [3.63, 3.8) is 0 Å². The maximum absolute atomic E-state index is 14.1. The third-order valence-electron chi connectivity index (χ3n) is 4.70. The average Bonchev–Trinajstić information content (AvgIpc) is 3.35. The molecule has 9 heteroatoms. The Morgan fingerprint density at radius 1 is 1.16 bits per heavy atom. The summed E-state index contributed by atoms with van der Waals surface area (Å²) in [5.41, 5.74) is 0.842. The number of amides is 1. The van der Waals surface area contributed by atoms with Crippen molar-refractivity contribution in [3.05, 3.63) is 53.6 Å². The van der Waals surface area contributed by atoms with E-state index in [2.05, 4.69) is 4.98 Å². The molecule has 2 heterocycles. The highest BCUT2D eigenvalue weighted by Crippen LogP contribution is 2.33. The molecule has 4 rings (SSSR count). The summed E-state index contributed by atoms with van der Waals surface area (Å²) >= 11 is 1.09. The van der Waals surface area contributed by atoms with E-state index in [4.69, 9.17) is 9.47 Å². The summed E-state index contributed by atoms with van der Waals surface area (Å²) in [7, 11) is 3.89. The van der Waals surface area contributed by atoms with Crippen molar-refractivity contribution in [1.82, 2.24) is 9.88 Å². The third-order valence-corrected chi connectivity index (χ3v) is 5.73. The highest BCUT2D eigenvalue weighted by molar-refractivity contribution is 7.22. The van der Waals surface area contributed by atoms with Gasteiger partial charge in [0, 0.05) is 18.7 Å².